The van der Waals surface area contributed by atoms with Crippen LogP contribution in [0.1, 0.15) is 26.5 Å². The topological polar surface area (TPSA) is 78.0 Å². The maximum atomic E-state index is 11.9. The van der Waals surface area contributed by atoms with Gasteiger partial charge in [-0.05, 0) is 26.8 Å². The van der Waals surface area contributed by atoms with Crippen molar-refractivity contribution in [3.8, 4) is 0 Å². The van der Waals surface area contributed by atoms with Crippen molar-refractivity contribution < 1.29 is 8.42 Å². The van der Waals surface area contributed by atoms with Crippen LogP contribution in [-0.2, 0) is 22.9 Å². The molecule has 0 amide bonds. The standard InChI is InChI=1S/C10H19N3O2S/c1-10(2,3)16(14,15)7-6-13-9(8-11)4-5-12-13/h4-5H,6-8,11H2,1-3H3. The Balaban J connectivity index is 2.73. The molecule has 0 radical (unpaired) electrons. The van der Waals surface area contributed by atoms with E-state index in [0.29, 0.717) is 13.1 Å². The lowest BCUT2D eigenvalue weighted by molar-refractivity contribution is 0.544. The van der Waals surface area contributed by atoms with Crippen molar-refractivity contribution in [2.45, 2.75) is 38.6 Å². The first kappa shape index (κ1) is 13.2. The first-order valence-electron chi connectivity index (χ1n) is 5.21. The molecule has 0 aromatic carbocycles. The summed E-state index contributed by atoms with van der Waals surface area (Å²) >= 11 is 0. The van der Waals surface area contributed by atoms with Gasteiger partial charge in [0, 0.05) is 12.7 Å². The summed E-state index contributed by atoms with van der Waals surface area (Å²) in [6.45, 7) is 5.84. The fraction of sp³-hybridized carbons (Fsp3) is 0.700. The Labute approximate surface area is 96.6 Å². The summed E-state index contributed by atoms with van der Waals surface area (Å²) in [5, 5.41) is 4.04. The molecule has 6 heteroatoms. The second-order valence-corrected chi connectivity index (χ2v) is 7.54. The van der Waals surface area contributed by atoms with Crippen molar-refractivity contribution in [2.24, 2.45) is 5.73 Å². The molecule has 0 saturated carbocycles. The highest BCUT2D eigenvalue weighted by Gasteiger charge is 2.28. The zero-order chi connectivity index (χ0) is 12.4. The third kappa shape index (κ3) is 2.82. The molecule has 5 nitrogen and oxygen atoms in total. The van der Waals surface area contributed by atoms with Crippen LogP contribution < -0.4 is 5.73 Å². The van der Waals surface area contributed by atoms with Crippen molar-refractivity contribution >= 4 is 9.84 Å². The number of hydrogen-bond donors (Lipinski definition) is 1. The lowest BCUT2D eigenvalue weighted by Gasteiger charge is -2.19. The highest BCUT2D eigenvalue weighted by molar-refractivity contribution is 7.92. The second-order valence-electron chi connectivity index (χ2n) is 4.68. The number of aromatic nitrogens is 2. The first-order chi connectivity index (χ1) is 7.28. The first-order valence-corrected chi connectivity index (χ1v) is 6.86. The Kier molecular flexibility index (Phi) is 3.75. The van der Waals surface area contributed by atoms with Crippen molar-refractivity contribution in [3.05, 3.63) is 18.0 Å². The zero-order valence-electron chi connectivity index (χ0n) is 9.97. The summed E-state index contributed by atoms with van der Waals surface area (Å²) in [6, 6.07) is 1.80. The highest BCUT2D eigenvalue weighted by Crippen LogP contribution is 2.16. The van der Waals surface area contributed by atoms with E-state index < -0.39 is 14.6 Å². The van der Waals surface area contributed by atoms with Crippen LogP contribution in [0.15, 0.2) is 12.3 Å². The molecule has 0 fully saturated rings. The van der Waals surface area contributed by atoms with Gasteiger partial charge in [-0.2, -0.15) is 5.10 Å². The molecule has 1 heterocycles. The van der Waals surface area contributed by atoms with Crippen LogP contribution in [0, 0.1) is 0 Å². The third-order valence-corrected chi connectivity index (χ3v) is 5.10. The summed E-state index contributed by atoms with van der Waals surface area (Å²) in [5.41, 5.74) is 6.36. The van der Waals surface area contributed by atoms with Crippen molar-refractivity contribution in [1.82, 2.24) is 9.78 Å². The van der Waals surface area contributed by atoms with Gasteiger partial charge in [-0.1, -0.05) is 0 Å². The Morgan fingerprint density at radius 2 is 2.06 bits per heavy atom. The van der Waals surface area contributed by atoms with Crippen LogP contribution in [0.25, 0.3) is 0 Å². The highest BCUT2D eigenvalue weighted by atomic mass is 32.2. The fourth-order valence-corrected chi connectivity index (χ4v) is 2.27. The lowest BCUT2D eigenvalue weighted by Crippen LogP contribution is -2.32. The van der Waals surface area contributed by atoms with Crippen LogP contribution in [0.2, 0.25) is 0 Å². The van der Waals surface area contributed by atoms with Crippen LogP contribution in [-0.4, -0.2) is 28.7 Å². The van der Waals surface area contributed by atoms with Gasteiger partial charge in [0.25, 0.3) is 0 Å². The molecule has 0 bridgehead atoms. The predicted molar refractivity (Wildman–Crippen MR) is 63.7 cm³/mol. The molecule has 2 N–H and O–H groups in total. The van der Waals surface area contributed by atoms with E-state index in [1.54, 1.807) is 37.7 Å². The van der Waals surface area contributed by atoms with E-state index in [1.165, 1.54) is 0 Å². The normalized spacial score (nSPS) is 13.0. The van der Waals surface area contributed by atoms with E-state index in [2.05, 4.69) is 5.10 Å². The molecular weight excluding hydrogens is 226 g/mol. The van der Waals surface area contributed by atoms with E-state index in [-0.39, 0.29) is 5.75 Å². The number of nitrogens with two attached hydrogens (primary N) is 1. The van der Waals surface area contributed by atoms with Gasteiger partial charge in [0.05, 0.1) is 22.7 Å². The number of rotatable bonds is 4. The van der Waals surface area contributed by atoms with E-state index in [4.69, 9.17) is 5.73 Å². The number of sulfone groups is 1. The molecule has 0 aliphatic heterocycles. The molecule has 1 rings (SSSR count). The molecule has 0 unspecified atom stereocenters. The molecule has 0 saturated heterocycles. The van der Waals surface area contributed by atoms with Crippen molar-refractivity contribution in [2.75, 3.05) is 5.75 Å². The van der Waals surface area contributed by atoms with Gasteiger partial charge >= 0.3 is 0 Å². The maximum Gasteiger partial charge on any atom is 0.157 e. The second kappa shape index (κ2) is 4.55. The van der Waals surface area contributed by atoms with Gasteiger partial charge in [-0.3, -0.25) is 4.68 Å². The van der Waals surface area contributed by atoms with E-state index in [1.807, 2.05) is 0 Å². The average Bonchev–Trinajstić information content (AvgIpc) is 2.60. The molecule has 0 aliphatic rings. The Bertz CT molecular complexity index is 443. The summed E-state index contributed by atoms with van der Waals surface area (Å²) < 4.78 is 24.7. The van der Waals surface area contributed by atoms with Gasteiger partial charge in [0.1, 0.15) is 0 Å². The van der Waals surface area contributed by atoms with Crippen LogP contribution >= 0.6 is 0 Å². The minimum Gasteiger partial charge on any atom is -0.325 e. The van der Waals surface area contributed by atoms with Crippen LogP contribution in [0.3, 0.4) is 0 Å². The van der Waals surface area contributed by atoms with Gasteiger partial charge in [0.15, 0.2) is 9.84 Å². The molecule has 16 heavy (non-hydrogen) atoms. The fourth-order valence-electron chi connectivity index (χ4n) is 1.25. The Hall–Kier alpha value is -0.880. The van der Waals surface area contributed by atoms with Gasteiger partial charge in [-0.25, -0.2) is 8.42 Å². The van der Waals surface area contributed by atoms with Crippen molar-refractivity contribution in [1.29, 1.82) is 0 Å². The molecule has 0 spiro atoms. The summed E-state index contributed by atoms with van der Waals surface area (Å²) in [7, 11) is -3.10. The van der Waals surface area contributed by atoms with Crippen LogP contribution in [0.5, 0.6) is 0 Å². The van der Waals surface area contributed by atoms with E-state index >= 15 is 0 Å². The molecule has 92 valence electrons. The molecular formula is C10H19N3O2S. The molecule has 0 aliphatic carbocycles. The summed E-state index contributed by atoms with van der Waals surface area (Å²) in [6.07, 6.45) is 1.63. The zero-order valence-corrected chi connectivity index (χ0v) is 10.8. The quantitative estimate of drug-likeness (QED) is 0.840. The summed E-state index contributed by atoms with van der Waals surface area (Å²) in [5.74, 6) is 0.0885. The SMILES string of the molecule is CC(C)(C)S(=O)(=O)CCn1nccc1CN. The Morgan fingerprint density at radius 3 is 2.56 bits per heavy atom. The molecule has 1 aromatic heterocycles. The lowest BCUT2D eigenvalue weighted by atomic mass is 10.3. The number of hydrogen-bond acceptors (Lipinski definition) is 4. The largest absolute Gasteiger partial charge is 0.325 e. The van der Waals surface area contributed by atoms with Gasteiger partial charge in [-0.15, -0.1) is 0 Å². The van der Waals surface area contributed by atoms with Gasteiger partial charge < -0.3 is 5.73 Å². The maximum absolute atomic E-state index is 11.9. The number of aryl methyl sites for hydroxylation is 1. The molecule has 0 atom stereocenters. The minimum absolute atomic E-state index is 0.0885. The Morgan fingerprint density at radius 1 is 1.44 bits per heavy atom. The average molecular weight is 245 g/mol. The van der Waals surface area contributed by atoms with E-state index in [0.717, 1.165) is 5.69 Å². The number of nitrogens with zero attached hydrogens (tertiary/aromatic N) is 2. The third-order valence-electron chi connectivity index (χ3n) is 2.52. The smallest absolute Gasteiger partial charge is 0.157 e. The predicted octanol–water partition coefficient (Wildman–Crippen LogP) is 0.555. The van der Waals surface area contributed by atoms with E-state index in [9.17, 15) is 8.42 Å². The van der Waals surface area contributed by atoms with Crippen LogP contribution in [0.4, 0.5) is 0 Å². The molecule has 1 aromatic rings. The van der Waals surface area contributed by atoms with Gasteiger partial charge in [0.2, 0.25) is 0 Å². The monoisotopic (exact) mass is 245 g/mol. The summed E-state index contributed by atoms with van der Waals surface area (Å²) in [4.78, 5) is 0. The minimum atomic E-state index is -3.10. The van der Waals surface area contributed by atoms with Crippen molar-refractivity contribution in [3.63, 3.8) is 0 Å².